The van der Waals surface area contributed by atoms with E-state index in [0.29, 0.717) is 54.3 Å². The molecule has 1 N–H and O–H groups in total. The molecule has 1 saturated carbocycles. The highest BCUT2D eigenvalue weighted by Crippen LogP contribution is 2.44. The molecule has 238 valence electrons. The normalized spacial score (nSPS) is 21.1. The molecule has 2 aromatic carbocycles. The van der Waals surface area contributed by atoms with E-state index in [4.69, 9.17) is 16.3 Å². The number of benzene rings is 2. The Hall–Kier alpha value is -4.06. The second-order valence-corrected chi connectivity index (χ2v) is 12.2. The van der Waals surface area contributed by atoms with E-state index in [1.807, 2.05) is 18.2 Å². The monoisotopic (exact) mass is 640 g/mol. The molecule has 10 nitrogen and oxygen atoms in total. The lowest BCUT2D eigenvalue weighted by molar-refractivity contribution is -0.146. The van der Waals surface area contributed by atoms with Crippen molar-refractivity contribution in [3.8, 4) is 5.75 Å². The summed E-state index contributed by atoms with van der Waals surface area (Å²) in [4.78, 5) is 44.3. The van der Waals surface area contributed by atoms with Gasteiger partial charge in [-0.05, 0) is 48.6 Å². The number of rotatable bonds is 8. The second-order valence-electron chi connectivity index (χ2n) is 11.8. The molecule has 0 spiro atoms. The van der Waals surface area contributed by atoms with E-state index in [1.54, 1.807) is 35.0 Å². The van der Waals surface area contributed by atoms with E-state index < -0.39 is 24.3 Å². The summed E-state index contributed by atoms with van der Waals surface area (Å²) in [5, 5.41) is 10.8. The number of ether oxygens (including phenoxy) is 1. The topological polar surface area (TPSA) is 110 Å². The lowest BCUT2D eigenvalue weighted by atomic mass is 9.77. The summed E-state index contributed by atoms with van der Waals surface area (Å²) in [5.74, 6) is -1.04. The van der Waals surface area contributed by atoms with Gasteiger partial charge in [0.2, 0.25) is 11.8 Å². The fourth-order valence-corrected chi connectivity index (χ4v) is 7.35. The number of hydrogen-bond donors (Lipinski definition) is 1. The first-order valence-electron chi connectivity index (χ1n) is 15.2. The average Bonchev–Trinajstić information content (AvgIpc) is 3.58. The van der Waals surface area contributed by atoms with Crippen molar-refractivity contribution in [1.82, 2.24) is 30.1 Å². The standard InChI is InChI=1S/C32H35ClF2N6O4/c1-36-30(42)20-9-5-6-10-21(20)32(44)41-14-13-22-23(33)11-12-26(45-17-24-28(29(34)35)39(2)38-37-24)27(22)25(41)16-40-15-18-7-3-4-8-19(18)31(40)43/h3-4,7-8,11-12,20-21,25,29H,5-6,9-10,13-17H2,1-2H3,(H,36,42)/t20-,21+,25+/m0/s1. The third-order valence-corrected chi connectivity index (χ3v) is 9.68. The Balaban J connectivity index is 1.38. The first kappa shape index (κ1) is 30.9. The van der Waals surface area contributed by atoms with Gasteiger partial charge in [-0.15, -0.1) is 5.10 Å². The van der Waals surface area contributed by atoms with Crippen LogP contribution in [0.15, 0.2) is 36.4 Å². The Morgan fingerprint density at radius 3 is 2.62 bits per heavy atom. The number of fused-ring (bicyclic) bond motifs is 2. The van der Waals surface area contributed by atoms with Gasteiger partial charge < -0.3 is 19.9 Å². The highest BCUT2D eigenvalue weighted by molar-refractivity contribution is 6.31. The number of aromatic nitrogens is 3. The quantitative estimate of drug-likeness (QED) is 0.385. The Morgan fingerprint density at radius 2 is 1.89 bits per heavy atom. The first-order chi connectivity index (χ1) is 21.7. The van der Waals surface area contributed by atoms with Gasteiger partial charge in [-0.3, -0.25) is 14.4 Å². The first-order valence-corrected chi connectivity index (χ1v) is 15.6. The average molecular weight is 641 g/mol. The van der Waals surface area contributed by atoms with Crippen LogP contribution >= 0.6 is 11.6 Å². The molecule has 0 radical (unpaired) electrons. The second kappa shape index (κ2) is 12.7. The minimum Gasteiger partial charge on any atom is -0.487 e. The minimum atomic E-state index is -2.80. The van der Waals surface area contributed by atoms with Crippen molar-refractivity contribution in [3.05, 3.63) is 75.1 Å². The molecule has 3 heterocycles. The van der Waals surface area contributed by atoms with Crippen LogP contribution in [-0.2, 0) is 36.2 Å². The maximum absolute atomic E-state index is 14.4. The van der Waals surface area contributed by atoms with Gasteiger partial charge in [0, 0.05) is 61.7 Å². The minimum absolute atomic E-state index is 0.00251. The number of alkyl halides is 2. The third-order valence-electron chi connectivity index (χ3n) is 9.33. The van der Waals surface area contributed by atoms with Crippen LogP contribution in [0.4, 0.5) is 8.78 Å². The summed E-state index contributed by atoms with van der Waals surface area (Å²) >= 11 is 6.73. The van der Waals surface area contributed by atoms with E-state index in [-0.39, 0.29) is 42.3 Å². The van der Waals surface area contributed by atoms with Crippen LogP contribution in [0.2, 0.25) is 5.02 Å². The fourth-order valence-electron chi connectivity index (χ4n) is 7.09. The van der Waals surface area contributed by atoms with Crippen LogP contribution in [0.1, 0.15) is 76.6 Å². The zero-order valence-corrected chi connectivity index (χ0v) is 25.9. The third kappa shape index (κ3) is 5.76. The van der Waals surface area contributed by atoms with Crippen molar-refractivity contribution >= 4 is 29.3 Å². The number of carbonyl (C=O) groups is 3. The molecule has 3 amide bonds. The molecule has 0 saturated heterocycles. The molecule has 3 aliphatic rings. The Morgan fingerprint density at radius 1 is 1.13 bits per heavy atom. The highest BCUT2D eigenvalue weighted by Gasteiger charge is 2.44. The maximum Gasteiger partial charge on any atom is 0.282 e. The van der Waals surface area contributed by atoms with Crippen molar-refractivity contribution in [2.24, 2.45) is 18.9 Å². The van der Waals surface area contributed by atoms with Crippen molar-refractivity contribution in [1.29, 1.82) is 0 Å². The summed E-state index contributed by atoms with van der Waals surface area (Å²) in [6, 6.07) is 10.1. The summed E-state index contributed by atoms with van der Waals surface area (Å²) in [6.07, 6.45) is 0.538. The van der Waals surface area contributed by atoms with Crippen LogP contribution in [-0.4, -0.2) is 62.7 Å². The number of nitrogens with one attached hydrogen (secondary N) is 1. The maximum atomic E-state index is 14.4. The predicted molar refractivity (Wildman–Crippen MR) is 161 cm³/mol. The fraction of sp³-hybridized carbons (Fsp3) is 0.469. The van der Waals surface area contributed by atoms with E-state index in [0.717, 1.165) is 28.7 Å². The van der Waals surface area contributed by atoms with Gasteiger partial charge in [0.15, 0.2) is 0 Å². The van der Waals surface area contributed by atoms with Crippen molar-refractivity contribution in [2.45, 2.75) is 57.7 Å². The molecule has 1 aliphatic carbocycles. The molecule has 1 fully saturated rings. The number of aryl methyl sites for hydroxylation is 1. The molecule has 1 aromatic heterocycles. The zero-order valence-electron chi connectivity index (χ0n) is 25.1. The van der Waals surface area contributed by atoms with Crippen LogP contribution in [0.5, 0.6) is 5.75 Å². The number of hydrogen-bond acceptors (Lipinski definition) is 6. The van der Waals surface area contributed by atoms with Gasteiger partial charge in [0.25, 0.3) is 12.3 Å². The Bertz CT molecular complexity index is 1630. The molecule has 2 aliphatic heterocycles. The van der Waals surface area contributed by atoms with Gasteiger partial charge in [-0.2, -0.15) is 0 Å². The lowest BCUT2D eigenvalue weighted by Crippen LogP contribution is -2.50. The Kier molecular flexibility index (Phi) is 8.76. The van der Waals surface area contributed by atoms with E-state index >= 15 is 0 Å². The van der Waals surface area contributed by atoms with Crippen LogP contribution in [0, 0.1) is 11.8 Å². The molecule has 45 heavy (non-hydrogen) atoms. The van der Waals surface area contributed by atoms with Gasteiger partial charge >= 0.3 is 0 Å². The molecular formula is C32H35ClF2N6O4. The van der Waals surface area contributed by atoms with Gasteiger partial charge in [0.1, 0.15) is 23.7 Å². The Labute approximate surface area is 264 Å². The highest BCUT2D eigenvalue weighted by atomic mass is 35.5. The molecule has 0 unspecified atom stereocenters. The molecule has 0 bridgehead atoms. The lowest BCUT2D eigenvalue weighted by Gasteiger charge is -2.43. The number of halogens is 3. The van der Waals surface area contributed by atoms with Gasteiger partial charge in [0.05, 0.1) is 6.04 Å². The SMILES string of the molecule is CNC(=O)[C@H]1CCCC[C@H]1C(=O)N1CCc2c(Cl)ccc(OCc3nnn(C)c3C(F)F)c2[C@H]1CN1Cc2ccccc2C1=O. The van der Waals surface area contributed by atoms with Crippen molar-refractivity contribution < 1.29 is 27.9 Å². The van der Waals surface area contributed by atoms with Gasteiger partial charge in [-0.1, -0.05) is 47.9 Å². The van der Waals surface area contributed by atoms with E-state index in [1.165, 1.54) is 7.05 Å². The summed E-state index contributed by atoms with van der Waals surface area (Å²) in [7, 11) is 2.97. The molecular weight excluding hydrogens is 606 g/mol. The molecule has 6 rings (SSSR count). The van der Waals surface area contributed by atoms with Crippen LogP contribution in [0.3, 0.4) is 0 Å². The largest absolute Gasteiger partial charge is 0.487 e. The zero-order chi connectivity index (χ0) is 31.8. The van der Waals surface area contributed by atoms with Crippen molar-refractivity contribution in [2.75, 3.05) is 20.1 Å². The van der Waals surface area contributed by atoms with Gasteiger partial charge in [-0.25, -0.2) is 13.5 Å². The van der Waals surface area contributed by atoms with Crippen molar-refractivity contribution in [3.63, 3.8) is 0 Å². The van der Waals surface area contributed by atoms with Crippen LogP contribution in [0.25, 0.3) is 0 Å². The number of nitrogens with zero attached hydrogens (tertiary/aromatic N) is 5. The van der Waals surface area contributed by atoms with Crippen LogP contribution < -0.4 is 10.1 Å². The summed E-state index contributed by atoms with van der Waals surface area (Å²) < 4.78 is 34.7. The smallest absolute Gasteiger partial charge is 0.282 e. The van der Waals surface area contributed by atoms with E-state index in [9.17, 15) is 23.2 Å². The summed E-state index contributed by atoms with van der Waals surface area (Å²) in [5.41, 5.74) is 2.56. The molecule has 3 atom stereocenters. The number of carbonyl (C=O) groups excluding carboxylic acids is 3. The molecule has 3 aromatic rings. The van der Waals surface area contributed by atoms with E-state index in [2.05, 4.69) is 15.6 Å². The predicted octanol–water partition coefficient (Wildman–Crippen LogP) is 4.62. The summed E-state index contributed by atoms with van der Waals surface area (Å²) in [6.45, 7) is 0.595. The number of amides is 3. The molecule has 13 heteroatoms.